The monoisotopic (exact) mass is 330 g/mol. The topological polar surface area (TPSA) is 55.8 Å². The quantitative estimate of drug-likeness (QED) is 0.265. The van der Waals surface area contributed by atoms with Gasteiger partial charge in [0.25, 0.3) is 6.29 Å². The van der Waals surface area contributed by atoms with Crippen molar-refractivity contribution in [2.45, 2.75) is 104 Å². The van der Waals surface area contributed by atoms with E-state index < -0.39 is 12.3 Å². The highest BCUT2D eigenvalue weighted by molar-refractivity contribution is 5.70. The largest absolute Gasteiger partial charge is 0.477 e. The van der Waals surface area contributed by atoms with E-state index in [4.69, 9.17) is 14.6 Å². The van der Waals surface area contributed by atoms with Gasteiger partial charge in [-0.3, -0.25) is 0 Å². The number of rotatable bonds is 18. The zero-order valence-corrected chi connectivity index (χ0v) is 15.4. The molecule has 0 saturated carbocycles. The fraction of sp³-hybridized carbons (Fsp3) is 0.947. The number of hydrogen-bond acceptors (Lipinski definition) is 3. The highest BCUT2D eigenvalue weighted by atomic mass is 16.7. The lowest BCUT2D eigenvalue weighted by Gasteiger charge is -2.12. The Morgan fingerprint density at radius 3 is 1.57 bits per heavy atom. The van der Waals surface area contributed by atoms with Crippen molar-refractivity contribution in [3.05, 3.63) is 0 Å². The van der Waals surface area contributed by atoms with E-state index in [0.29, 0.717) is 13.2 Å². The smallest absolute Gasteiger partial charge is 0.361 e. The standard InChI is InChI=1S/C19H38O4/c1-3-5-6-7-8-9-10-11-12-13-14-15-16-17-23-19(18(20)21)22-4-2/h19H,3-17H2,1-2H3,(H,20,21). The molecule has 1 unspecified atom stereocenters. The number of ether oxygens (including phenoxy) is 2. The van der Waals surface area contributed by atoms with Crippen LogP contribution < -0.4 is 0 Å². The molecule has 0 bridgehead atoms. The number of unbranched alkanes of at least 4 members (excludes halogenated alkanes) is 12. The number of carbonyl (C=O) groups is 1. The average molecular weight is 331 g/mol. The molecule has 1 atom stereocenters. The van der Waals surface area contributed by atoms with Crippen molar-refractivity contribution in [2.24, 2.45) is 0 Å². The van der Waals surface area contributed by atoms with Crippen LogP contribution in [0.1, 0.15) is 97.3 Å². The molecule has 0 radical (unpaired) electrons. The van der Waals surface area contributed by atoms with Gasteiger partial charge >= 0.3 is 5.97 Å². The minimum absolute atomic E-state index is 0.357. The van der Waals surface area contributed by atoms with E-state index in [1.54, 1.807) is 6.92 Å². The van der Waals surface area contributed by atoms with Crippen molar-refractivity contribution in [1.82, 2.24) is 0 Å². The molecule has 0 saturated heterocycles. The highest BCUT2D eigenvalue weighted by Crippen LogP contribution is 2.12. The van der Waals surface area contributed by atoms with Gasteiger partial charge in [-0.05, 0) is 13.3 Å². The van der Waals surface area contributed by atoms with Gasteiger partial charge in [0, 0.05) is 6.61 Å². The van der Waals surface area contributed by atoms with Crippen molar-refractivity contribution >= 4 is 5.97 Å². The summed E-state index contributed by atoms with van der Waals surface area (Å²) in [6, 6.07) is 0. The fourth-order valence-electron chi connectivity index (χ4n) is 2.65. The molecule has 4 heteroatoms. The van der Waals surface area contributed by atoms with Crippen molar-refractivity contribution in [2.75, 3.05) is 13.2 Å². The Hall–Kier alpha value is -0.610. The van der Waals surface area contributed by atoms with E-state index in [2.05, 4.69) is 6.92 Å². The molecule has 0 spiro atoms. The molecule has 0 aromatic carbocycles. The third-order valence-corrected chi connectivity index (χ3v) is 4.04. The Morgan fingerprint density at radius 1 is 0.739 bits per heavy atom. The summed E-state index contributed by atoms with van der Waals surface area (Å²) in [6.07, 6.45) is 15.8. The summed E-state index contributed by atoms with van der Waals surface area (Å²) >= 11 is 0. The summed E-state index contributed by atoms with van der Waals surface area (Å²) in [5.41, 5.74) is 0. The summed E-state index contributed by atoms with van der Waals surface area (Å²) in [6.45, 7) is 4.85. The molecule has 0 aromatic heterocycles. The molecule has 0 aromatic rings. The van der Waals surface area contributed by atoms with Crippen molar-refractivity contribution in [1.29, 1.82) is 0 Å². The Labute approximate surface area is 142 Å². The normalized spacial score (nSPS) is 12.4. The first-order valence-electron chi connectivity index (χ1n) is 9.68. The third kappa shape index (κ3) is 16.0. The molecule has 1 N–H and O–H groups in total. The Kier molecular flexibility index (Phi) is 17.3. The molecule has 0 rings (SSSR count). The molecule has 0 aliphatic rings. The predicted molar refractivity (Wildman–Crippen MR) is 94.7 cm³/mol. The van der Waals surface area contributed by atoms with Gasteiger partial charge in [-0.15, -0.1) is 0 Å². The zero-order valence-electron chi connectivity index (χ0n) is 15.4. The molecule has 138 valence electrons. The number of carboxylic acids is 1. The second kappa shape index (κ2) is 17.7. The number of carboxylic acid groups (broad SMARTS) is 1. The van der Waals surface area contributed by atoms with Gasteiger partial charge in [0.1, 0.15) is 0 Å². The fourth-order valence-corrected chi connectivity index (χ4v) is 2.65. The maximum absolute atomic E-state index is 10.8. The van der Waals surface area contributed by atoms with Gasteiger partial charge < -0.3 is 14.6 Å². The first kappa shape index (κ1) is 22.4. The summed E-state index contributed by atoms with van der Waals surface area (Å²) in [5.74, 6) is -1.04. The van der Waals surface area contributed by atoms with E-state index in [1.807, 2.05) is 0 Å². The van der Waals surface area contributed by atoms with E-state index >= 15 is 0 Å². The van der Waals surface area contributed by atoms with Crippen LogP contribution >= 0.6 is 0 Å². The lowest BCUT2D eigenvalue weighted by molar-refractivity contribution is -0.188. The Morgan fingerprint density at radius 2 is 1.17 bits per heavy atom. The van der Waals surface area contributed by atoms with Crippen LogP contribution in [0.5, 0.6) is 0 Å². The lowest BCUT2D eigenvalue weighted by atomic mass is 10.0. The molecule has 0 aliphatic carbocycles. The molecular weight excluding hydrogens is 292 g/mol. The molecule has 0 fully saturated rings. The van der Waals surface area contributed by atoms with Crippen LogP contribution in [0, 0.1) is 0 Å². The average Bonchev–Trinajstić information content (AvgIpc) is 2.54. The van der Waals surface area contributed by atoms with E-state index in [0.717, 1.165) is 12.8 Å². The zero-order chi connectivity index (χ0) is 17.2. The first-order valence-corrected chi connectivity index (χ1v) is 9.68. The first-order chi connectivity index (χ1) is 11.2. The third-order valence-electron chi connectivity index (χ3n) is 4.04. The van der Waals surface area contributed by atoms with Crippen molar-refractivity contribution < 1.29 is 19.4 Å². The van der Waals surface area contributed by atoms with E-state index in [-0.39, 0.29) is 0 Å². The maximum Gasteiger partial charge on any atom is 0.361 e. The number of hydrogen-bond donors (Lipinski definition) is 1. The molecule has 0 aliphatic heterocycles. The number of aliphatic carboxylic acids is 1. The molecule has 23 heavy (non-hydrogen) atoms. The van der Waals surface area contributed by atoms with Gasteiger partial charge in [0.2, 0.25) is 0 Å². The van der Waals surface area contributed by atoms with Gasteiger partial charge in [-0.25, -0.2) is 4.79 Å². The Balaban J connectivity index is 3.20. The van der Waals surface area contributed by atoms with Gasteiger partial charge in [-0.2, -0.15) is 0 Å². The van der Waals surface area contributed by atoms with E-state index in [9.17, 15) is 4.79 Å². The molecular formula is C19H38O4. The maximum atomic E-state index is 10.8. The molecule has 0 heterocycles. The minimum atomic E-state index is -1.10. The van der Waals surface area contributed by atoms with Gasteiger partial charge in [0.15, 0.2) is 0 Å². The van der Waals surface area contributed by atoms with Crippen LogP contribution in [0.15, 0.2) is 0 Å². The Bertz CT molecular complexity index is 256. The van der Waals surface area contributed by atoms with Crippen LogP contribution in [0.2, 0.25) is 0 Å². The van der Waals surface area contributed by atoms with Gasteiger partial charge in [-0.1, -0.05) is 84.0 Å². The summed E-state index contributed by atoms with van der Waals surface area (Å²) < 4.78 is 10.2. The SMILES string of the molecule is CCCCCCCCCCCCCCCOC(OCC)C(=O)O. The summed E-state index contributed by atoms with van der Waals surface area (Å²) in [4.78, 5) is 10.8. The lowest BCUT2D eigenvalue weighted by Crippen LogP contribution is -2.27. The highest BCUT2D eigenvalue weighted by Gasteiger charge is 2.17. The summed E-state index contributed by atoms with van der Waals surface area (Å²) in [7, 11) is 0. The van der Waals surface area contributed by atoms with Crippen LogP contribution in [0.4, 0.5) is 0 Å². The molecule has 4 nitrogen and oxygen atoms in total. The second-order valence-corrected chi connectivity index (χ2v) is 6.24. The van der Waals surface area contributed by atoms with Crippen LogP contribution in [0.25, 0.3) is 0 Å². The summed E-state index contributed by atoms with van der Waals surface area (Å²) in [5, 5.41) is 8.86. The molecule has 0 amide bonds. The van der Waals surface area contributed by atoms with Gasteiger partial charge in [0.05, 0.1) is 6.61 Å². The van der Waals surface area contributed by atoms with Crippen molar-refractivity contribution in [3.8, 4) is 0 Å². The van der Waals surface area contributed by atoms with Crippen LogP contribution in [-0.4, -0.2) is 30.6 Å². The predicted octanol–water partition coefficient (Wildman–Crippen LogP) is 5.54. The van der Waals surface area contributed by atoms with Crippen molar-refractivity contribution in [3.63, 3.8) is 0 Å². The second-order valence-electron chi connectivity index (χ2n) is 6.24. The van der Waals surface area contributed by atoms with Crippen LogP contribution in [0.3, 0.4) is 0 Å². The minimum Gasteiger partial charge on any atom is -0.477 e. The van der Waals surface area contributed by atoms with E-state index in [1.165, 1.54) is 70.6 Å². The van der Waals surface area contributed by atoms with Crippen LogP contribution in [-0.2, 0) is 14.3 Å².